The number of sulfone groups is 1. The number of halogens is 1. The number of aliphatic imine (C=N–C) groups is 1. The van der Waals surface area contributed by atoms with Gasteiger partial charge in [-0.1, -0.05) is 0 Å². The van der Waals surface area contributed by atoms with Crippen molar-refractivity contribution in [2.45, 2.75) is 38.6 Å². The van der Waals surface area contributed by atoms with Gasteiger partial charge in [0.05, 0.1) is 18.9 Å². The summed E-state index contributed by atoms with van der Waals surface area (Å²) in [6.45, 7) is 7.63. The summed E-state index contributed by atoms with van der Waals surface area (Å²) in [7, 11) is -2.88. The van der Waals surface area contributed by atoms with Crippen LogP contribution in [0, 0.1) is 5.92 Å². The molecule has 1 aliphatic heterocycles. The minimum atomic E-state index is -2.88. The molecule has 2 aliphatic rings. The van der Waals surface area contributed by atoms with E-state index in [-0.39, 0.29) is 29.7 Å². The van der Waals surface area contributed by atoms with Crippen molar-refractivity contribution in [1.29, 1.82) is 0 Å². The Kier molecular flexibility index (Phi) is 11.4. The van der Waals surface area contributed by atoms with Crippen LogP contribution in [0.2, 0.25) is 0 Å². The fourth-order valence-electron chi connectivity index (χ4n) is 2.87. The molecular weight excluding hydrogens is 467 g/mol. The van der Waals surface area contributed by atoms with E-state index in [9.17, 15) is 8.42 Å². The smallest absolute Gasteiger partial charge is 0.191 e. The van der Waals surface area contributed by atoms with E-state index in [0.717, 1.165) is 51.0 Å². The molecule has 26 heavy (non-hydrogen) atoms. The van der Waals surface area contributed by atoms with Crippen molar-refractivity contribution >= 4 is 39.8 Å². The average molecular weight is 502 g/mol. The van der Waals surface area contributed by atoms with Gasteiger partial charge in [0.25, 0.3) is 0 Å². The minimum Gasteiger partial charge on any atom is -0.379 e. The first-order valence-electron chi connectivity index (χ1n) is 9.49. The summed E-state index contributed by atoms with van der Waals surface area (Å²) < 4.78 is 28.2. The molecule has 0 amide bonds. The van der Waals surface area contributed by atoms with E-state index in [1.807, 2.05) is 0 Å². The van der Waals surface area contributed by atoms with Gasteiger partial charge < -0.3 is 20.3 Å². The molecule has 2 fully saturated rings. The highest BCUT2D eigenvalue weighted by molar-refractivity contribution is 14.0. The Labute approximate surface area is 175 Å². The highest BCUT2D eigenvalue weighted by atomic mass is 127. The van der Waals surface area contributed by atoms with Crippen molar-refractivity contribution < 1.29 is 13.2 Å². The molecule has 0 aromatic heterocycles. The van der Waals surface area contributed by atoms with Gasteiger partial charge in [-0.3, -0.25) is 4.99 Å². The van der Waals surface area contributed by atoms with Crippen LogP contribution >= 0.6 is 24.0 Å². The minimum absolute atomic E-state index is 0. The number of piperidine rings is 1. The molecule has 7 nitrogen and oxygen atoms in total. The summed E-state index contributed by atoms with van der Waals surface area (Å²) >= 11 is 0. The quantitative estimate of drug-likeness (QED) is 0.202. The van der Waals surface area contributed by atoms with Crippen LogP contribution in [0.4, 0.5) is 0 Å². The lowest BCUT2D eigenvalue weighted by Crippen LogP contribution is -2.49. The summed E-state index contributed by atoms with van der Waals surface area (Å²) in [6, 6.07) is 0.389. The molecule has 154 valence electrons. The molecule has 0 aromatic rings. The SMILES string of the molecule is CCNC(=NCCOCC1CC1)NC1CCN(CCS(C)(=O)=O)CC1.I. The number of hydrogen-bond acceptors (Lipinski definition) is 5. The molecular formula is C17H35IN4O3S. The predicted molar refractivity (Wildman–Crippen MR) is 117 cm³/mol. The normalized spacial score (nSPS) is 19.8. The number of rotatable bonds is 10. The van der Waals surface area contributed by atoms with Crippen molar-refractivity contribution in [3.8, 4) is 0 Å². The van der Waals surface area contributed by atoms with Crippen molar-refractivity contribution in [3.63, 3.8) is 0 Å². The molecule has 1 heterocycles. The third kappa shape index (κ3) is 10.9. The van der Waals surface area contributed by atoms with Crippen LogP contribution in [-0.2, 0) is 14.6 Å². The average Bonchev–Trinajstić information content (AvgIpc) is 3.37. The van der Waals surface area contributed by atoms with Crippen LogP contribution < -0.4 is 10.6 Å². The number of hydrogen-bond donors (Lipinski definition) is 2. The Balaban J connectivity index is 0.00000338. The second-order valence-electron chi connectivity index (χ2n) is 7.17. The third-order valence-electron chi connectivity index (χ3n) is 4.61. The second-order valence-corrected chi connectivity index (χ2v) is 9.43. The van der Waals surface area contributed by atoms with Crippen molar-refractivity contribution in [1.82, 2.24) is 15.5 Å². The lowest BCUT2D eigenvalue weighted by molar-refractivity contribution is 0.131. The van der Waals surface area contributed by atoms with E-state index >= 15 is 0 Å². The summed E-state index contributed by atoms with van der Waals surface area (Å²) in [6.07, 6.45) is 5.94. The lowest BCUT2D eigenvalue weighted by atomic mass is 10.1. The Hall–Kier alpha value is -0.130. The van der Waals surface area contributed by atoms with Crippen LogP contribution in [0.25, 0.3) is 0 Å². The van der Waals surface area contributed by atoms with Crippen LogP contribution in [0.5, 0.6) is 0 Å². The fraction of sp³-hybridized carbons (Fsp3) is 0.941. The zero-order valence-corrected chi connectivity index (χ0v) is 19.2. The van der Waals surface area contributed by atoms with E-state index in [1.54, 1.807) is 0 Å². The largest absolute Gasteiger partial charge is 0.379 e. The third-order valence-corrected chi connectivity index (χ3v) is 5.53. The van der Waals surface area contributed by atoms with Gasteiger partial charge in [-0.25, -0.2) is 8.42 Å². The monoisotopic (exact) mass is 502 g/mol. The first-order valence-corrected chi connectivity index (χ1v) is 11.5. The van der Waals surface area contributed by atoms with Gasteiger partial charge >= 0.3 is 0 Å². The number of nitrogens with zero attached hydrogens (tertiary/aromatic N) is 2. The van der Waals surface area contributed by atoms with Crippen molar-refractivity contribution in [2.75, 3.05) is 57.9 Å². The maximum absolute atomic E-state index is 11.3. The Morgan fingerprint density at radius 1 is 1.23 bits per heavy atom. The summed E-state index contributed by atoms with van der Waals surface area (Å²) in [4.78, 5) is 6.82. The number of ether oxygens (including phenoxy) is 1. The molecule has 1 saturated carbocycles. The van der Waals surface area contributed by atoms with Gasteiger partial charge in [-0.2, -0.15) is 0 Å². The first kappa shape index (κ1) is 23.9. The van der Waals surface area contributed by atoms with Crippen molar-refractivity contribution in [3.05, 3.63) is 0 Å². The molecule has 9 heteroatoms. The first-order chi connectivity index (χ1) is 12.0. The van der Waals surface area contributed by atoms with Gasteiger partial charge in [0.15, 0.2) is 5.96 Å². The van der Waals surface area contributed by atoms with Crippen LogP contribution in [0.1, 0.15) is 32.6 Å². The van der Waals surface area contributed by atoms with Gasteiger partial charge in [0.2, 0.25) is 0 Å². The second kappa shape index (κ2) is 12.4. The highest BCUT2D eigenvalue weighted by Crippen LogP contribution is 2.28. The zero-order chi connectivity index (χ0) is 18.1. The summed E-state index contributed by atoms with van der Waals surface area (Å²) in [5, 5.41) is 6.79. The molecule has 2 N–H and O–H groups in total. The van der Waals surface area contributed by atoms with Gasteiger partial charge in [-0.15, -0.1) is 24.0 Å². The van der Waals surface area contributed by atoms with E-state index < -0.39 is 9.84 Å². The molecule has 2 rings (SSSR count). The highest BCUT2D eigenvalue weighted by Gasteiger charge is 2.21. The standard InChI is InChI=1S/C17H34N4O3S.HI/c1-3-18-17(19-8-12-24-14-15-4-5-15)20-16-6-9-21(10-7-16)11-13-25(2,22)23;/h15-16H,3-14H2,1-2H3,(H2,18,19,20);1H. The van der Waals surface area contributed by atoms with E-state index in [0.29, 0.717) is 25.7 Å². The number of nitrogens with one attached hydrogen (secondary N) is 2. The van der Waals surface area contributed by atoms with Crippen molar-refractivity contribution in [2.24, 2.45) is 10.9 Å². The van der Waals surface area contributed by atoms with Crippen LogP contribution in [-0.4, -0.2) is 83.3 Å². The van der Waals surface area contributed by atoms with Gasteiger partial charge in [0.1, 0.15) is 9.84 Å². The predicted octanol–water partition coefficient (Wildman–Crippen LogP) is 1.10. The number of guanidine groups is 1. The fourth-order valence-corrected chi connectivity index (χ4v) is 3.46. The molecule has 0 aromatic carbocycles. The summed E-state index contributed by atoms with van der Waals surface area (Å²) in [5.74, 6) is 1.89. The topological polar surface area (TPSA) is 83.0 Å². The van der Waals surface area contributed by atoms with Gasteiger partial charge in [-0.05, 0) is 38.5 Å². The maximum atomic E-state index is 11.3. The Morgan fingerprint density at radius 3 is 2.50 bits per heavy atom. The molecule has 0 bridgehead atoms. The molecule has 0 unspecified atom stereocenters. The summed E-state index contributed by atoms with van der Waals surface area (Å²) in [5.41, 5.74) is 0. The van der Waals surface area contributed by atoms with Gasteiger partial charge in [0, 0.05) is 45.1 Å². The molecule has 0 radical (unpaired) electrons. The number of likely N-dealkylation sites (tertiary alicyclic amines) is 1. The van der Waals surface area contributed by atoms with Crippen LogP contribution in [0.15, 0.2) is 4.99 Å². The van der Waals surface area contributed by atoms with E-state index in [4.69, 9.17) is 4.74 Å². The van der Waals surface area contributed by atoms with Crippen LogP contribution in [0.3, 0.4) is 0 Å². The Bertz CT molecular complexity index is 518. The maximum Gasteiger partial charge on any atom is 0.191 e. The van der Waals surface area contributed by atoms with E-state index in [1.165, 1.54) is 19.1 Å². The molecule has 1 saturated heterocycles. The zero-order valence-electron chi connectivity index (χ0n) is 16.1. The molecule has 0 atom stereocenters. The molecule has 1 aliphatic carbocycles. The van der Waals surface area contributed by atoms with E-state index in [2.05, 4.69) is 27.4 Å². The lowest BCUT2D eigenvalue weighted by Gasteiger charge is -2.32. The molecule has 0 spiro atoms. The Morgan fingerprint density at radius 2 is 1.92 bits per heavy atom.